The number of ether oxygens (including phenoxy) is 2. The highest BCUT2D eigenvalue weighted by atomic mass is 19.4. The molecule has 0 radical (unpaired) electrons. The Kier molecular flexibility index (Phi) is 6.12. The molecule has 0 spiro atoms. The van der Waals surface area contributed by atoms with Crippen molar-refractivity contribution in [1.29, 1.82) is 0 Å². The van der Waals surface area contributed by atoms with Gasteiger partial charge in [-0.15, -0.1) is 0 Å². The molecule has 1 saturated heterocycles. The summed E-state index contributed by atoms with van der Waals surface area (Å²) in [6, 6.07) is 8.58. The maximum absolute atomic E-state index is 13.2. The number of alkyl halides is 3. The maximum atomic E-state index is 13.2. The lowest BCUT2D eigenvalue weighted by Crippen LogP contribution is -2.29. The normalized spacial score (nSPS) is 18.4. The van der Waals surface area contributed by atoms with Gasteiger partial charge in [0.25, 0.3) is 5.91 Å². The van der Waals surface area contributed by atoms with Crippen molar-refractivity contribution in [2.24, 2.45) is 5.92 Å². The molecule has 146 valence electrons. The minimum Gasteiger partial charge on any atom is -0.381 e. The van der Waals surface area contributed by atoms with Crippen LogP contribution in [0.1, 0.15) is 34.3 Å². The molecule has 2 heterocycles. The molecule has 1 amide bonds. The van der Waals surface area contributed by atoms with E-state index in [2.05, 4.69) is 10.5 Å². The molecule has 0 saturated carbocycles. The summed E-state index contributed by atoms with van der Waals surface area (Å²) in [7, 11) is 0. The molecule has 9 heteroatoms. The van der Waals surface area contributed by atoms with Crippen LogP contribution in [0.3, 0.4) is 0 Å². The van der Waals surface area contributed by atoms with Crippen molar-refractivity contribution >= 4 is 5.91 Å². The predicted octanol–water partition coefficient (Wildman–Crippen LogP) is 3.26. The number of carbonyl (C=O) groups is 1. The average molecular weight is 384 g/mol. The Hall–Kier alpha value is -2.39. The van der Waals surface area contributed by atoms with E-state index >= 15 is 0 Å². The highest BCUT2D eigenvalue weighted by Gasteiger charge is 2.42. The van der Waals surface area contributed by atoms with Gasteiger partial charge >= 0.3 is 6.18 Å². The van der Waals surface area contributed by atoms with Crippen LogP contribution in [-0.4, -0.2) is 37.0 Å². The van der Waals surface area contributed by atoms with E-state index in [1.807, 2.05) is 0 Å². The Balaban J connectivity index is 1.56. The molecule has 3 rings (SSSR count). The number of aromatic nitrogens is 1. The molecule has 0 aliphatic carbocycles. The third-order valence-corrected chi connectivity index (χ3v) is 4.16. The van der Waals surface area contributed by atoms with Gasteiger partial charge in [-0.1, -0.05) is 35.5 Å². The van der Waals surface area contributed by atoms with Gasteiger partial charge < -0.3 is 19.3 Å². The minimum absolute atomic E-state index is 0.00390. The van der Waals surface area contributed by atoms with Crippen LogP contribution in [0.25, 0.3) is 0 Å². The van der Waals surface area contributed by atoms with E-state index in [0.717, 1.165) is 6.42 Å². The Bertz CT molecular complexity index is 743. The number of nitrogens with zero attached hydrogens (tertiary/aromatic N) is 1. The summed E-state index contributed by atoms with van der Waals surface area (Å²) in [6.45, 7) is 1.25. The maximum Gasteiger partial charge on any atom is 0.418 e. The fraction of sp³-hybridized carbons (Fsp3) is 0.444. The molecule has 6 nitrogen and oxygen atoms in total. The van der Waals surface area contributed by atoms with E-state index in [1.165, 1.54) is 30.3 Å². The molecular weight excluding hydrogens is 365 g/mol. The van der Waals surface area contributed by atoms with Crippen LogP contribution in [0.5, 0.6) is 0 Å². The molecule has 1 aromatic carbocycles. The van der Waals surface area contributed by atoms with Gasteiger partial charge in [-0.05, 0) is 12.0 Å². The Morgan fingerprint density at radius 3 is 2.78 bits per heavy atom. The van der Waals surface area contributed by atoms with E-state index in [0.29, 0.717) is 19.8 Å². The predicted molar refractivity (Wildman–Crippen MR) is 87.8 cm³/mol. The Morgan fingerprint density at radius 1 is 1.33 bits per heavy atom. The second-order valence-electron chi connectivity index (χ2n) is 6.26. The fourth-order valence-electron chi connectivity index (χ4n) is 2.73. The first-order valence-corrected chi connectivity index (χ1v) is 8.48. The zero-order valence-electron chi connectivity index (χ0n) is 14.4. The largest absolute Gasteiger partial charge is 0.418 e. The number of carbonyl (C=O) groups excluding carboxylic acids is 1. The number of amides is 1. The highest BCUT2D eigenvalue weighted by molar-refractivity contribution is 5.92. The van der Waals surface area contributed by atoms with E-state index in [4.69, 9.17) is 14.0 Å². The van der Waals surface area contributed by atoms with Crippen LogP contribution in [0.2, 0.25) is 0 Å². The molecule has 1 aromatic heterocycles. The van der Waals surface area contributed by atoms with Gasteiger partial charge in [-0.25, -0.2) is 0 Å². The quantitative estimate of drug-likeness (QED) is 0.793. The monoisotopic (exact) mass is 384 g/mol. The Morgan fingerprint density at radius 2 is 2.11 bits per heavy atom. The zero-order valence-corrected chi connectivity index (χ0v) is 14.4. The van der Waals surface area contributed by atoms with Crippen LogP contribution in [-0.2, 0) is 16.1 Å². The lowest BCUT2D eigenvalue weighted by molar-refractivity contribution is -0.228. The van der Waals surface area contributed by atoms with Crippen LogP contribution in [0.15, 0.2) is 40.9 Å². The molecule has 2 atom stereocenters. The third-order valence-electron chi connectivity index (χ3n) is 4.16. The SMILES string of the molecule is O=C(NCC1CCOC1)c1cc(COC(c2ccccc2)C(F)(F)F)on1. The van der Waals surface area contributed by atoms with E-state index in [1.54, 1.807) is 6.07 Å². The molecule has 27 heavy (non-hydrogen) atoms. The molecular formula is C18H19F3N2O4. The first kappa shape index (κ1) is 19.4. The first-order valence-electron chi connectivity index (χ1n) is 8.48. The van der Waals surface area contributed by atoms with Gasteiger partial charge in [-0.2, -0.15) is 13.2 Å². The average Bonchev–Trinajstić information content (AvgIpc) is 3.31. The highest BCUT2D eigenvalue weighted by Crippen LogP contribution is 2.36. The van der Waals surface area contributed by atoms with Gasteiger partial charge in [0.15, 0.2) is 17.6 Å². The number of benzene rings is 1. The molecule has 1 aliphatic rings. The van der Waals surface area contributed by atoms with Crippen molar-refractivity contribution in [2.45, 2.75) is 25.3 Å². The van der Waals surface area contributed by atoms with Crippen LogP contribution >= 0.6 is 0 Å². The van der Waals surface area contributed by atoms with Crippen molar-refractivity contribution in [3.63, 3.8) is 0 Å². The van der Waals surface area contributed by atoms with Gasteiger partial charge in [0.05, 0.1) is 6.61 Å². The summed E-state index contributed by atoms with van der Waals surface area (Å²) in [5.74, 6) is -0.163. The summed E-state index contributed by atoms with van der Waals surface area (Å²) in [5.41, 5.74) is -0.0166. The number of hydrogen-bond acceptors (Lipinski definition) is 5. The fourth-order valence-corrected chi connectivity index (χ4v) is 2.73. The van der Waals surface area contributed by atoms with Crippen LogP contribution < -0.4 is 5.32 Å². The van der Waals surface area contributed by atoms with Crippen molar-refractivity contribution < 1.29 is 32.0 Å². The summed E-state index contributed by atoms with van der Waals surface area (Å²) in [6.07, 6.45) is -5.80. The molecule has 2 unspecified atom stereocenters. The topological polar surface area (TPSA) is 73.6 Å². The number of nitrogens with one attached hydrogen (secondary N) is 1. The second kappa shape index (κ2) is 8.53. The van der Waals surface area contributed by atoms with E-state index in [9.17, 15) is 18.0 Å². The number of halogens is 3. The molecule has 1 aliphatic heterocycles. The minimum atomic E-state index is -4.58. The lowest BCUT2D eigenvalue weighted by atomic mass is 10.1. The van der Waals surface area contributed by atoms with Crippen molar-refractivity contribution in [2.75, 3.05) is 19.8 Å². The summed E-state index contributed by atoms with van der Waals surface area (Å²) in [4.78, 5) is 12.0. The summed E-state index contributed by atoms with van der Waals surface area (Å²) >= 11 is 0. The van der Waals surface area contributed by atoms with Crippen molar-refractivity contribution in [1.82, 2.24) is 10.5 Å². The van der Waals surface area contributed by atoms with Gasteiger partial charge in [0.2, 0.25) is 0 Å². The molecule has 1 fully saturated rings. The van der Waals surface area contributed by atoms with Crippen molar-refractivity contribution in [3.8, 4) is 0 Å². The Labute approximate surface area is 153 Å². The van der Waals surface area contributed by atoms with Crippen LogP contribution in [0, 0.1) is 5.92 Å². The second-order valence-corrected chi connectivity index (χ2v) is 6.26. The number of rotatable bonds is 7. The van der Waals surface area contributed by atoms with E-state index in [-0.39, 0.29) is 22.9 Å². The molecule has 0 bridgehead atoms. The molecule has 2 aromatic rings. The summed E-state index contributed by atoms with van der Waals surface area (Å²) in [5, 5.41) is 6.30. The lowest BCUT2D eigenvalue weighted by Gasteiger charge is -2.20. The smallest absolute Gasteiger partial charge is 0.381 e. The van der Waals surface area contributed by atoms with E-state index < -0.39 is 24.8 Å². The van der Waals surface area contributed by atoms with Crippen LogP contribution in [0.4, 0.5) is 13.2 Å². The number of hydrogen-bond donors (Lipinski definition) is 1. The third kappa shape index (κ3) is 5.30. The standard InChI is InChI=1S/C18H19F3N2O4/c19-18(20,21)16(13-4-2-1-3-5-13)26-11-14-8-15(23-27-14)17(24)22-9-12-6-7-25-10-12/h1-5,8,12,16H,6-7,9-11H2,(H,22,24). The molecule has 1 N–H and O–H groups in total. The van der Waals surface area contributed by atoms with Gasteiger partial charge in [-0.3, -0.25) is 4.79 Å². The first-order chi connectivity index (χ1) is 12.9. The summed E-state index contributed by atoms with van der Waals surface area (Å²) < 4.78 is 54.9. The van der Waals surface area contributed by atoms with Gasteiger partial charge in [0.1, 0.15) is 6.61 Å². The van der Waals surface area contributed by atoms with Gasteiger partial charge in [0, 0.05) is 25.1 Å². The van der Waals surface area contributed by atoms with Crippen molar-refractivity contribution in [3.05, 3.63) is 53.4 Å². The zero-order chi connectivity index (χ0) is 19.3.